The maximum atomic E-state index is 12.1. The third-order valence-corrected chi connectivity index (χ3v) is 3.56. The molecule has 1 atom stereocenters. The number of imidazole rings is 1. The fourth-order valence-corrected chi connectivity index (χ4v) is 2.64. The summed E-state index contributed by atoms with van der Waals surface area (Å²) in [6.45, 7) is 1.89. The molecule has 0 spiro atoms. The number of rotatable bonds is 2. The summed E-state index contributed by atoms with van der Waals surface area (Å²) in [5.74, 6) is 0.777. The minimum Gasteiger partial charge on any atom is -0.497 e. The Kier molecular flexibility index (Phi) is 2.83. The smallest absolute Gasteiger partial charge is 0.326 e. The van der Waals surface area contributed by atoms with Crippen molar-refractivity contribution in [3.63, 3.8) is 0 Å². The molecule has 1 fully saturated rings. The highest BCUT2D eigenvalue weighted by Gasteiger charge is 2.19. The monoisotopic (exact) mass is 247 g/mol. The summed E-state index contributed by atoms with van der Waals surface area (Å²) in [5.41, 5.74) is 1.76. The van der Waals surface area contributed by atoms with Gasteiger partial charge in [0.25, 0.3) is 0 Å². The van der Waals surface area contributed by atoms with E-state index < -0.39 is 0 Å². The number of piperidine rings is 1. The highest BCUT2D eigenvalue weighted by atomic mass is 16.5. The minimum atomic E-state index is -0.0352. The van der Waals surface area contributed by atoms with E-state index in [1.54, 1.807) is 7.11 Å². The van der Waals surface area contributed by atoms with E-state index in [0.29, 0.717) is 0 Å². The van der Waals surface area contributed by atoms with Gasteiger partial charge in [0.05, 0.1) is 24.2 Å². The summed E-state index contributed by atoms with van der Waals surface area (Å²) in [6, 6.07) is 5.90. The zero-order valence-corrected chi connectivity index (χ0v) is 10.4. The van der Waals surface area contributed by atoms with Crippen LogP contribution in [0.2, 0.25) is 0 Å². The van der Waals surface area contributed by atoms with Crippen LogP contribution in [0.15, 0.2) is 23.0 Å². The molecule has 5 heteroatoms. The predicted octanol–water partition coefficient (Wildman–Crippen LogP) is 1.26. The molecule has 3 rings (SSSR count). The first-order chi connectivity index (χ1) is 8.79. The number of nitrogens with one attached hydrogen (secondary N) is 2. The highest BCUT2D eigenvalue weighted by Crippen LogP contribution is 2.23. The number of nitrogens with zero attached hydrogens (tertiary/aromatic N) is 1. The van der Waals surface area contributed by atoms with E-state index in [9.17, 15) is 4.79 Å². The van der Waals surface area contributed by atoms with Crippen LogP contribution in [0.4, 0.5) is 0 Å². The molecule has 2 aromatic rings. The average Bonchev–Trinajstić information content (AvgIpc) is 2.74. The summed E-state index contributed by atoms with van der Waals surface area (Å²) in [5, 5.41) is 3.34. The van der Waals surface area contributed by atoms with Gasteiger partial charge in [-0.25, -0.2) is 4.79 Å². The van der Waals surface area contributed by atoms with Gasteiger partial charge in [-0.15, -0.1) is 0 Å². The van der Waals surface area contributed by atoms with Crippen LogP contribution in [0, 0.1) is 0 Å². The van der Waals surface area contributed by atoms with Crippen molar-refractivity contribution in [1.82, 2.24) is 14.9 Å². The van der Waals surface area contributed by atoms with Gasteiger partial charge in [0.2, 0.25) is 0 Å². The second-order valence-corrected chi connectivity index (χ2v) is 4.68. The molecule has 1 unspecified atom stereocenters. The molecule has 0 radical (unpaired) electrons. The first-order valence-corrected chi connectivity index (χ1v) is 6.28. The molecule has 1 aliphatic rings. The Balaban J connectivity index is 2.13. The van der Waals surface area contributed by atoms with Gasteiger partial charge in [-0.1, -0.05) is 0 Å². The van der Waals surface area contributed by atoms with Gasteiger partial charge in [-0.3, -0.25) is 4.57 Å². The van der Waals surface area contributed by atoms with Crippen molar-refractivity contribution in [2.24, 2.45) is 0 Å². The lowest BCUT2D eigenvalue weighted by Crippen LogP contribution is -2.35. The van der Waals surface area contributed by atoms with E-state index in [-0.39, 0.29) is 11.7 Å². The Morgan fingerprint density at radius 2 is 2.33 bits per heavy atom. The summed E-state index contributed by atoms with van der Waals surface area (Å²) < 4.78 is 7.08. The van der Waals surface area contributed by atoms with Crippen LogP contribution in [-0.2, 0) is 0 Å². The van der Waals surface area contributed by atoms with E-state index in [2.05, 4.69) is 10.3 Å². The maximum absolute atomic E-state index is 12.1. The Hall–Kier alpha value is -1.75. The first kappa shape index (κ1) is 11.3. The van der Waals surface area contributed by atoms with Gasteiger partial charge >= 0.3 is 5.69 Å². The standard InChI is InChI=1S/C13H17N3O2/c1-18-10-4-5-11-12(7-10)16(13(17)15-11)9-3-2-6-14-8-9/h4-5,7,9,14H,2-3,6,8H2,1H3,(H,15,17). The van der Waals surface area contributed by atoms with E-state index in [0.717, 1.165) is 42.7 Å². The van der Waals surface area contributed by atoms with Crippen molar-refractivity contribution < 1.29 is 4.74 Å². The van der Waals surface area contributed by atoms with Gasteiger partial charge in [0.1, 0.15) is 5.75 Å². The molecule has 0 amide bonds. The molecule has 0 bridgehead atoms. The Morgan fingerprint density at radius 3 is 3.06 bits per heavy atom. The average molecular weight is 247 g/mol. The van der Waals surface area contributed by atoms with Crippen LogP contribution in [0.5, 0.6) is 5.75 Å². The number of ether oxygens (including phenoxy) is 1. The molecule has 0 saturated carbocycles. The topological polar surface area (TPSA) is 59.1 Å². The number of methoxy groups -OCH3 is 1. The number of H-pyrrole nitrogens is 1. The predicted molar refractivity (Wildman–Crippen MR) is 70.3 cm³/mol. The van der Waals surface area contributed by atoms with Crippen molar-refractivity contribution in [1.29, 1.82) is 0 Å². The van der Waals surface area contributed by atoms with Crippen LogP contribution >= 0.6 is 0 Å². The SMILES string of the molecule is COc1ccc2[nH]c(=O)n(C3CCCNC3)c2c1. The number of hydrogen-bond acceptors (Lipinski definition) is 3. The fourth-order valence-electron chi connectivity index (χ4n) is 2.64. The normalized spacial score (nSPS) is 20.2. The largest absolute Gasteiger partial charge is 0.497 e. The van der Waals surface area contributed by atoms with E-state index in [4.69, 9.17) is 4.74 Å². The van der Waals surface area contributed by atoms with Crippen molar-refractivity contribution >= 4 is 11.0 Å². The molecular weight excluding hydrogens is 230 g/mol. The van der Waals surface area contributed by atoms with Gasteiger partial charge in [-0.05, 0) is 31.5 Å². The summed E-state index contributed by atoms with van der Waals surface area (Å²) in [7, 11) is 1.64. The van der Waals surface area contributed by atoms with Crippen LogP contribution in [0.25, 0.3) is 11.0 Å². The minimum absolute atomic E-state index is 0.0352. The van der Waals surface area contributed by atoms with Crippen molar-refractivity contribution in [3.8, 4) is 5.75 Å². The van der Waals surface area contributed by atoms with Crippen LogP contribution in [0.3, 0.4) is 0 Å². The van der Waals surface area contributed by atoms with E-state index >= 15 is 0 Å². The van der Waals surface area contributed by atoms with Crippen molar-refractivity contribution in [2.75, 3.05) is 20.2 Å². The van der Waals surface area contributed by atoms with Crippen molar-refractivity contribution in [3.05, 3.63) is 28.7 Å². The molecule has 5 nitrogen and oxygen atoms in total. The Morgan fingerprint density at radius 1 is 1.44 bits per heavy atom. The van der Waals surface area contributed by atoms with Crippen LogP contribution < -0.4 is 15.7 Å². The van der Waals surface area contributed by atoms with Crippen LogP contribution in [0.1, 0.15) is 18.9 Å². The molecule has 1 saturated heterocycles. The maximum Gasteiger partial charge on any atom is 0.326 e. The third kappa shape index (κ3) is 1.80. The highest BCUT2D eigenvalue weighted by molar-refractivity contribution is 5.77. The zero-order chi connectivity index (χ0) is 12.5. The molecule has 1 aromatic heterocycles. The van der Waals surface area contributed by atoms with Gasteiger partial charge < -0.3 is 15.0 Å². The second-order valence-electron chi connectivity index (χ2n) is 4.68. The molecule has 2 N–H and O–H groups in total. The molecule has 18 heavy (non-hydrogen) atoms. The Labute approximate surface area is 105 Å². The lowest BCUT2D eigenvalue weighted by molar-refractivity contribution is 0.371. The van der Waals surface area contributed by atoms with Gasteiger partial charge in [0.15, 0.2) is 0 Å². The second kappa shape index (κ2) is 4.49. The molecule has 2 heterocycles. The molecule has 0 aliphatic carbocycles. The molecular formula is C13H17N3O2. The number of aromatic nitrogens is 2. The zero-order valence-electron chi connectivity index (χ0n) is 10.4. The summed E-state index contributed by atoms with van der Waals surface area (Å²) >= 11 is 0. The Bertz CT molecular complexity index is 608. The number of fused-ring (bicyclic) bond motifs is 1. The molecule has 1 aromatic carbocycles. The van der Waals surface area contributed by atoms with Crippen LogP contribution in [-0.4, -0.2) is 29.8 Å². The summed E-state index contributed by atoms with van der Waals surface area (Å²) in [4.78, 5) is 15.0. The van der Waals surface area contributed by atoms with E-state index in [1.165, 1.54) is 0 Å². The molecule has 1 aliphatic heterocycles. The molecule has 96 valence electrons. The lowest BCUT2D eigenvalue weighted by atomic mass is 10.1. The lowest BCUT2D eigenvalue weighted by Gasteiger charge is -2.24. The number of hydrogen-bond donors (Lipinski definition) is 2. The third-order valence-electron chi connectivity index (χ3n) is 3.56. The van der Waals surface area contributed by atoms with E-state index in [1.807, 2.05) is 22.8 Å². The quantitative estimate of drug-likeness (QED) is 0.840. The fraction of sp³-hybridized carbons (Fsp3) is 0.462. The van der Waals surface area contributed by atoms with Gasteiger partial charge in [-0.2, -0.15) is 0 Å². The first-order valence-electron chi connectivity index (χ1n) is 6.28. The van der Waals surface area contributed by atoms with Crippen molar-refractivity contribution in [2.45, 2.75) is 18.9 Å². The van der Waals surface area contributed by atoms with Gasteiger partial charge in [0, 0.05) is 12.6 Å². The number of benzene rings is 1. The number of aromatic amines is 1. The summed E-state index contributed by atoms with van der Waals surface area (Å²) in [6.07, 6.45) is 2.14.